The van der Waals surface area contributed by atoms with Crippen LogP contribution in [0.25, 0.3) is 17.5 Å². The van der Waals surface area contributed by atoms with E-state index in [4.69, 9.17) is 20.8 Å². The van der Waals surface area contributed by atoms with E-state index in [0.717, 1.165) is 30.5 Å². The highest BCUT2D eigenvalue weighted by Gasteiger charge is 2.19. The zero-order valence-electron chi connectivity index (χ0n) is 17.7. The molecule has 0 aliphatic carbocycles. The predicted molar refractivity (Wildman–Crippen MR) is 124 cm³/mol. The fraction of sp³-hybridized carbons (Fsp3) is 0.227. The van der Waals surface area contributed by atoms with Gasteiger partial charge in [0.15, 0.2) is 0 Å². The van der Waals surface area contributed by atoms with Crippen LogP contribution in [0.3, 0.4) is 0 Å². The van der Waals surface area contributed by atoms with Crippen molar-refractivity contribution < 1.29 is 24.2 Å². The highest BCUT2D eigenvalue weighted by atomic mass is 35.5. The first-order chi connectivity index (χ1) is 15.4. The van der Waals surface area contributed by atoms with Crippen molar-refractivity contribution >= 4 is 41.1 Å². The summed E-state index contributed by atoms with van der Waals surface area (Å²) in [7, 11) is 1.50. The number of phenols is 1. The van der Waals surface area contributed by atoms with E-state index in [1.165, 1.54) is 13.2 Å². The van der Waals surface area contributed by atoms with Crippen LogP contribution in [0, 0.1) is 0 Å². The third kappa shape index (κ3) is 5.35. The molecule has 1 heterocycles. The van der Waals surface area contributed by atoms with Gasteiger partial charge in [-0.2, -0.15) is 0 Å². The van der Waals surface area contributed by atoms with Crippen LogP contribution in [0.2, 0.25) is 5.02 Å². The molecule has 0 atom stereocenters. The van der Waals surface area contributed by atoms with E-state index < -0.39 is 5.97 Å². The van der Waals surface area contributed by atoms with Gasteiger partial charge in [-0.25, -0.2) is 4.79 Å². The Bertz CT molecular complexity index is 1140. The molecule has 0 radical (unpaired) electrons. The molecule has 0 aliphatic rings. The smallest absolute Gasteiger partial charge is 0.342 e. The minimum Gasteiger partial charge on any atom is -0.507 e. The quantitative estimate of drug-likeness (QED) is 0.320. The van der Waals surface area contributed by atoms with Crippen molar-refractivity contribution in [3.63, 3.8) is 0 Å². The largest absolute Gasteiger partial charge is 0.507 e. The van der Waals surface area contributed by atoms with Crippen LogP contribution >= 0.6 is 23.4 Å². The summed E-state index contributed by atoms with van der Waals surface area (Å²) >= 11 is 6.83. The lowest BCUT2D eigenvalue weighted by Crippen LogP contribution is -2.21. The fourth-order valence-electron chi connectivity index (χ4n) is 3.02. The number of hydrogen-bond acceptors (Lipinski definition) is 8. The summed E-state index contributed by atoms with van der Waals surface area (Å²) in [6, 6.07) is 10.1. The number of anilines is 1. The summed E-state index contributed by atoms with van der Waals surface area (Å²) in [5.74, 6) is -0.587. The lowest BCUT2D eigenvalue weighted by Gasteiger charge is -2.21. The van der Waals surface area contributed by atoms with Crippen LogP contribution in [0.5, 0.6) is 11.5 Å². The maximum absolute atomic E-state index is 11.8. The number of ether oxygens (including phenoxy) is 1. The molecule has 168 valence electrons. The highest BCUT2D eigenvalue weighted by Crippen LogP contribution is 2.36. The number of phenolic OH excluding ortho intramolecular Hbond substituents is 1. The Morgan fingerprint density at radius 2 is 1.97 bits per heavy atom. The maximum Gasteiger partial charge on any atom is 0.342 e. The molecule has 32 heavy (non-hydrogen) atoms. The zero-order valence-corrected chi connectivity index (χ0v) is 19.3. The minimum atomic E-state index is -1.19. The molecule has 0 amide bonds. The summed E-state index contributed by atoms with van der Waals surface area (Å²) in [6.45, 7) is 5.62. The van der Waals surface area contributed by atoms with E-state index in [0.29, 0.717) is 21.9 Å². The van der Waals surface area contributed by atoms with E-state index in [9.17, 15) is 15.0 Å². The van der Waals surface area contributed by atoms with Gasteiger partial charge < -0.3 is 24.3 Å². The minimum absolute atomic E-state index is 0.0231. The lowest BCUT2D eigenvalue weighted by atomic mass is 10.1. The van der Waals surface area contributed by atoms with Gasteiger partial charge in [0.2, 0.25) is 0 Å². The number of carbonyl (C=O) groups is 1. The average molecular weight is 476 g/mol. The summed E-state index contributed by atoms with van der Waals surface area (Å²) in [5, 5.41) is 28.4. The Hall–Kier alpha value is -3.17. The number of aromatic hydroxyl groups is 1. The van der Waals surface area contributed by atoms with E-state index in [-0.39, 0.29) is 21.8 Å². The zero-order chi connectivity index (χ0) is 23.3. The van der Waals surface area contributed by atoms with Gasteiger partial charge in [0.25, 0.3) is 11.1 Å². The molecule has 0 fully saturated rings. The summed E-state index contributed by atoms with van der Waals surface area (Å²) in [6.07, 6.45) is 1.36. The molecule has 8 nitrogen and oxygen atoms in total. The summed E-state index contributed by atoms with van der Waals surface area (Å²) in [5.41, 5.74) is 1.71. The average Bonchev–Trinajstić information content (AvgIpc) is 3.24. The number of thioether (sulfide) groups is 1. The Kier molecular flexibility index (Phi) is 7.66. The van der Waals surface area contributed by atoms with Crippen LogP contribution < -0.4 is 9.64 Å². The van der Waals surface area contributed by atoms with E-state index in [2.05, 4.69) is 15.1 Å². The molecule has 3 aromatic rings. The Morgan fingerprint density at radius 3 is 2.59 bits per heavy atom. The van der Waals surface area contributed by atoms with Crippen molar-refractivity contribution in [2.45, 2.75) is 19.1 Å². The van der Waals surface area contributed by atoms with Crippen LogP contribution in [0.4, 0.5) is 5.69 Å². The van der Waals surface area contributed by atoms with Crippen molar-refractivity contribution in [3.8, 4) is 23.0 Å². The van der Waals surface area contributed by atoms with Gasteiger partial charge in [0.1, 0.15) is 16.4 Å². The summed E-state index contributed by atoms with van der Waals surface area (Å²) < 4.78 is 10.9. The first-order valence-corrected chi connectivity index (χ1v) is 10.9. The van der Waals surface area contributed by atoms with Crippen molar-refractivity contribution in [2.24, 2.45) is 0 Å². The van der Waals surface area contributed by atoms with Gasteiger partial charge in [-0.15, -0.1) is 10.2 Å². The van der Waals surface area contributed by atoms with Crippen LogP contribution in [0.15, 0.2) is 50.9 Å². The maximum atomic E-state index is 11.8. The number of methoxy groups -OCH3 is 1. The van der Waals surface area contributed by atoms with E-state index >= 15 is 0 Å². The molecule has 0 aliphatic heterocycles. The monoisotopic (exact) mass is 475 g/mol. The Morgan fingerprint density at radius 1 is 1.22 bits per heavy atom. The van der Waals surface area contributed by atoms with E-state index in [1.54, 1.807) is 30.3 Å². The van der Waals surface area contributed by atoms with Crippen molar-refractivity contribution in [3.05, 3.63) is 51.9 Å². The molecule has 0 unspecified atom stereocenters. The molecule has 3 rings (SSSR count). The number of carboxylic acid groups (broad SMARTS) is 1. The Labute approximate surface area is 194 Å². The van der Waals surface area contributed by atoms with Gasteiger partial charge in [0, 0.05) is 35.4 Å². The third-order valence-electron chi connectivity index (χ3n) is 4.64. The molecule has 0 bridgehead atoms. The Balaban J connectivity index is 1.88. The van der Waals surface area contributed by atoms with Gasteiger partial charge in [0.05, 0.1) is 12.7 Å². The van der Waals surface area contributed by atoms with Crippen LogP contribution in [-0.4, -0.2) is 46.6 Å². The molecule has 0 spiro atoms. The summed E-state index contributed by atoms with van der Waals surface area (Å²) in [4.78, 5) is 13.8. The number of hydrogen-bond donors (Lipinski definition) is 2. The number of benzene rings is 2. The van der Waals surface area contributed by atoms with Gasteiger partial charge in [-0.3, -0.25) is 0 Å². The second-order valence-corrected chi connectivity index (χ2v) is 7.98. The molecular weight excluding hydrogens is 454 g/mol. The molecule has 0 saturated carbocycles. The second-order valence-electron chi connectivity index (χ2n) is 6.55. The number of carboxylic acids is 1. The van der Waals surface area contributed by atoms with Crippen LogP contribution in [-0.2, 0) is 4.79 Å². The van der Waals surface area contributed by atoms with Crippen LogP contribution in [0.1, 0.15) is 19.4 Å². The number of halogens is 1. The second kappa shape index (κ2) is 10.4. The first-order valence-electron chi connectivity index (χ1n) is 9.74. The van der Waals surface area contributed by atoms with Gasteiger partial charge in [-0.05, 0) is 62.0 Å². The first kappa shape index (κ1) is 23.5. The number of aromatic nitrogens is 2. The third-order valence-corrected chi connectivity index (χ3v) is 5.72. The van der Waals surface area contributed by atoms with Gasteiger partial charge in [-0.1, -0.05) is 11.6 Å². The highest BCUT2D eigenvalue weighted by molar-refractivity contribution is 8.03. The lowest BCUT2D eigenvalue weighted by molar-refractivity contribution is -0.131. The van der Waals surface area contributed by atoms with Crippen molar-refractivity contribution in [2.75, 3.05) is 25.1 Å². The van der Waals surface area contributed by atoms with Crippen molar-refractivity contribution in [1.82, 2.24) is 10.2 Å². The fourth-order valence-corrected chi connectivity index (χ4v) is 3.85. The topological polar surface area (TPSA) is 109 Å². The standard InChI is InChI=1S/C22H22ClN3O5S/c1-4-26(5-2)15-8-6-13(17(27)12-15)10-19(21(28)29)32-22-25-24-20(31-22)16-11-14(23)7-9-18(16)30-3/h6-12,27H,4-5H2,1-3H3,(H,28,29)/b19-10-. The molecular formula is C22H22ClN3O5S. The number of nitrogens with zero attached hydrogens (tertiary/aromatic N) is 3. The molecule has 10 heteroatoms. The molecule has 0 saturated heterocycles. The SMILES string of the molecule is CCN(CC)c1ccc(/C=C(\Sc2nnc(-c3cc(Cl)ccc3OC)o2)C(=O)O)c(O)c1. The van der Waals surface area contributed by atoms with E-state index in [1.807, 2.05) is 19.9 Å². The predicted octanol–water partition coefficient (Wildman–Crippen LogP) is 5.17. The molecule has 2 aromatic carbocycles. The number of rotatable bonds is 9. The molecule has 2 N–H and O–H groups in total. The van der Waals surface area contributed by atoms with Gasteiger partial charge >= 0.3 is 5.97 Å². The normalized spacial score (nSPS) is 11.4. The molecule has 1 aromatic heterocycles. The van der Waals surface area contributed by atoms with Crippen molar-refractivity contribution in [1.29, 1.82) is 0 Å². The number of aliphatic carboxylic acids is 1.